The van der Waals surface area contributed by atoms with Crippen molar-refractivity contribution in [2.45, 2.75) is 403 Å². The van der Waals surface area contributed by atoms with E-state index in [1.807, 2.05) is 6.08 Å². The second-order valence-corrected chi connectivity index (χ2v) is 25.0. The molecule has 1 rings (SSSR count). The van der Waals surface area contributed by atoms with Crippen molar-refractivity contribution >= 4 is 5.91 Å². The molecule has 81 heavy (non-hydrogen) atoms. The van der Waals surface area contributed by atoms with Crippen LogP contribution in [0.1, 0.15) is 361 Å². The largest absolute Gasteiger partial charge is 0.394 e. The Morgan fingerprint density at radius 2 is 0.704 bits per heavy atom. The fourth-order valence-electron chi connectivity index (χ4n) is 11.6. The van der Waals surface area contributed by atoms with Crippen LogP contribution >= 0.6 is 0 Å². The molecule has 1 aliphatic heterocycles. The lowest BCUT2D eigenvalue weighted by atomic mass is 9.99. The zero-order chi connectivity index (χ0) is 58.6. The number of allylic oxidation sites excluding steroid dienone is 5. The molecule has 1 saturated heterocycles. The lowest BCUT2D eigenvalue weighted by Gasteiger charge is -2.40. The number of nitrogens with one attached hydrogen (secondary N) is 1. The third kappa shape index (κ3) is 50.3. The Hall–Kier alpha value is -1.59. The molecule has 1 fully saturated rings. The highest BCUT2D eigenvalue weighted by Gasteiger charge is 2.44. The highest BCUT2D eigenvalue weighted by Crippen LogP contribution is 2.23. The quantitative estimate of drug-likeness (QED) is 0.0261. The Balaban J connectivity index is 2.14. The van der Waals surface area contributed by atoms with Gasteiger partial charge in [0.05, 0.1) is 25.4 Å². The van der Waals surface area contributed by atoms with E-state index in [0.717, 1.165) is 44.9 Å². The summed E-state index contributed by atoms with van der Waals surface area (Å²) in [6, 6.07) is -0.828. The maximum absolute atomic E-state index is 13.1. The number of carbonyl (C=O) groups excluding carboxylic acids is 1. The van der Waals surface area contributed by atoms with Crippen LogP contribution in [0.5, 0.6) is 0 Å². The van der Waals surface area contributed by atoms with Crippen molar-refractivity contribution in [2.75, 3.05) is 13.2 Å². The lowest BCUT2D eigenvalue weighted by Crippen LogP contribution is -2.60. The van der Waals surface area contributed by atoms with E-state index in [0.29, 0.717) is 6.42 Å². The highest BCUT2D eigenvalue weighted by molar-refractivity contribution is 5.76. The van der Waals surface area contributed by atoms with Gasteiger partial charge in [-0.15, -0.1) is 0 Å². The molecule has 0 saturated carbocycles. The van der Waals surface area contributed by atoms with Crippen molar-refractivity contribution in [1.82, 2.24) is 5.32 Å². The van der Waals surface area contributed by atoms with Crippen molar-refractivity contribution in [3.05, 3.63) is 36.5 Å². The van der Waals surface area contributed by atoms with E-state index in [1.54, 1.807) is 6.08 Å². The zero-order valence-corrected chi connectivity index (χ0v) is 53.6. The second-order valence-electron chi connectivity index (χ2n) is 25.0. The van der Waals surface area contributed by atoms with Crippen LogP contribution in [0.3, 0.4) is 0 Å². The molecule has 1 aliphatic rings. The number of carbonyl (C=O) groups is 1. The summed E-state index contributed by atoms with van der Waals surface area (Å²) in [6.45, 7) is 3.82. The van der Waals surface area contributed by atoms with E-state index in [9.17, 15) is 30.3 Å². The van der Waals surface area contributed by atoms with E-state index in [1.165, 1.54) is 295 Å². The number of aliphatic hydroxyl groups is 5. The summed E-state index contributed by atoms with van der Waals surface area (Å²) in [5, 5.41) is 54.7. The second kappa shape index (κ2) is 61.5. The number of aliphatic hydroxyl groups excluding tert-OH is 5. The number of rotatable bonds is 63. The van der Waals surface area contributed by atoms with Gasteiger partial charge >= 0.3 is 0 Å². The van der Waals surface area contributed by atoms with Gasteiger partial charge < -0.3 is 40.3 Å². The molecule has 0 aliphatic carbocycles. The minimum Gasteiger partial charge on any atom is -0.394 e. The molecule has 0 aromatic heterocycles. The summed E-state index contributed by atoms with van der Waals surface area (Å²) in [6.07, 6.45) is 75.5. The topological polar surface area (TPSA) is 149 Å². The standard InChI is InChI=1S/C72H137NO8/c1-3-5-7-9-11-13-15-17-19-21-23-25-27-29-31-32-33-34-36-38-40-42-44-46-48-50-52-54-56-58-60-62-68(76)73-65(64-80-72-71(79)70(78)69(77)67(63-74)81-72)66(75)61-59-57-55-53-51-49-47-45-43-41-39-37-35-30-28-26-24-22-20-18-16-14-12-10-8-6-4-2/h43,45,51,53,59,61,65-67,69-72,74-75,77-79H,3-42,44,46-50,52,54-58,60,62-64H2,1-2H3,(H,73,76)/b45-43+,53-51+,61-59+. The van der Waals surface area contributed by atoms with Crippen LogP contribution in [0.4, 0.5) is 0 Å². The monoisotopic (exact) mass is 1140 g/mol. The lowest BCUT2D eigenvalue weighted by molar-refractivity contribution is -0.302. The van der Waals surface area contributed by atoms with E-state index >= 15 is 0 Å². The van der Waals surface area contributed by atoms with Crippen LogP contribution in [0.15, 0.2) is 36.5 Å². The number of amides is 1. The van der Waals surface area contributed by atoms with Gasteiger partial charge in [0.25, 0.3) is 0 Å². The van der Waals surface area contributed by atoms with Crippen LogP contribution in [-0.2, 0) is 14.3 Å². The van der Waals surface area contributed by atoms with Gasteiger partial charge in [-0.3, -0.25) is 4.79 Å². The van der Waals surface area contributed by atoms with Crippen LogP contribution < -0.4 is 5.32 Å². The predicted octanol–water partition coefficient (Wildman–Crippen LogP) is 19.4. The van der Waals surface area contributed by atoms with Crippen molar-refractivity contribution in [3.63, 3.8) is 0 Å². The van der Waals surface area contributed by atoms with Gasteiger partial charge in [0.2, 0.25) is 5.91 Å². The van der Waals surface area contributed by atoms with Crippen molar-refractivity contribution in [2.24, 2.45) is 0 Å². The maximum atomic E-state index is 13.1. The molecule has 1 amide bonds. The summed E-state index contributed by atoms with van der Waals surface area (Å²) in [5.74, 6) is -0.183. The Labute approximate surface area is 501 Å². The first-order valence-corrected chi connectivity index (χ1v) is 35.7. The number of unbranched alkanes of at least 4 members (excludes halogenated alkanes) is 49. The average Bonchev–Trinajstić information content (AvgIpc) is 3.50. The van der Waals surface area contributed by atoms with Gasteiger partial charge in [0.15, 0.2) is 6.29 Å². The normalized spacial score (nSPS) is 18.5. The minimum atomic E-state index is -1.57. The first-order chi connectivity index (χ1) is 39.8. The molecule has 6 N–H and O–H groups in total. The van der Waals surface area contributed by atoms with Gasteiger partial charge in [-0.2, -0.15) is 0 Å². The van der Waals surface area contributed by atoms with Crippen LogP contribution in [0, 0.1) is 0 Å². The number of hydrogen-bond donors (Lipinski definition) is 6. The summed E-state index contributed by atoms with van der Waals surface area (Å²) < 4.78 is 11.3. The number of ether oxygens (including phenoxy) is 2. The molecular weight excluding hydrogens is 1010 g/mol. The molecule has 478 valence electrons. The summed E-state index contributed by atoms with van der Waals surface area (Å²) >= 11 is 0. The molecule has 0 bridgehead atoms. The van der Waals surface area contributed by atoms with Gasteiger partial charge in [0, 0.05) is 6.42 Å². The van der Waals surface area contributed by atoms with Gasteiger partial charge in [-0.05, 0) is 44.9 Å². The first-order valence-electron chi connectivity index (χ1n) is 35.7. The molecule has 9 nitrogen and oxygen atoms in total. The predicted molar refractivity (Wildman–Crippen MR) is 346 cm³/mol. The molecule has 0 aromatic carbocycles. The molecule has 0 aromatic rings. The summed E-state index contributed by atoms with van der Waals surface area (Å²) in [7, 11) is 0. The molecule has 1 heterocycles. The third-order valence-corrected chi connectivity index (χ3v) is 17.2. The van der Waals surface area contributed by atoms with Gasteiger partial charge in [-0.1, -0.05) is 346 Å². The Bertz CT molecular complexity index is 1370. The fraction of sp³-hybridized carbons (Fsp3) is 0.903. The van der Waals surface area contributed by atoms with Crippen LogP contribution in [0.25, 0.3) is 0 Å². The molecule has 7 atom stereocenters. The highest BCUT2D eigenvalue weighted by atomic mass is 16.7. The van der Waals surface area contributed by atoms with Crippen LogP contribution in [0.2, 0.25) is 0 Å². The van der Waals surface area contributed by atoms with E-state index in [-0.39, 0.29) is 12.5 Å². The Morgan fingerprint density at radius 3 is 1.04 bits per heavy atom. The van der Waals surface area contributed by atoms with E-state index in [2.05, 4.69) is 43.5 Å². The smallest absolute Gasteiger partial charge is 0.220 e. The van der Waals surface area contributed by atoms with Crippen molar-refractivity contribution < 1.29 is 39.8 Å². The van der Waals surface area contributed by atoms with E-state index in [4.69, 9.17) is 9.47 Å². The maximum Gasteiger partial charge on any atom is 0.220 e. The summed E-state index contributed by atoms with van der Waals surface area (Å²) in [5.41, 5.74) is 0. The summed E-state index contributed by atoms with van der Waals surface area (Å²) in [4.78, 5) is 13.1. The molecule has 7 unspecified atom stereocenters. The van der Waals surface area contributed by atoms with Gasteiger partial charge in [0.1, 0.15) is 24.4 Å². The zero-order valence-electron chi connectivity index (χ0n) is 53.6. The van der Waals surface area contributed by atoms with Crippen molar-refractivity contribution in [3.8, 4) is 0 Å². The Kier molecular flexibility index (Phi) is 58.8. The fourth-order valence-corrected chi connectivity index (χ4v) is 11.6. The SMILES string of the molecule is CCCCCCCCCCCCCCCCCCC/C=C/CC/C=C/CC/C=C/C(O)C(COC1OC(CO)C(O)C(O)C1O)NC(=O)CCCCCCCCCCCCCCCCCCCCCCCCCCCCCCCCC. The van der Waals surface area contributed by atoms with Crippen LogP contribution in [-0.4, -0.2) is 87.5 Å². The van der Waals surface area contributed by atoms with E-state index < -0.39 is 49.5 Å². The van der Waals surface area contributed by atoms with Crippen molar-refractivity contribution in [1.29, 1.82) is 0 Å². The Morgan fingerprint density at radius 1 is 0.407 bits per heavy atom. The average molecular weight is 1140 g/mol. The molecule has 0 spiro atoms. The molecule has 0 radical (unpaired) electrons. The third-order valence-electron chi connectivity index (χ3n) is 17.2. The van der Waals surface area contributed by atoms with Gasteiger partial charge in [-0.25, -0.2) is 0 Å². The minimum absolute atomic E-state index is 0.183. The first kappa shape index (κ1) is 77.4. The number of hydrogen-bond acceptors (Lipinski definition) is 8. The molecule has 9 heteroatoms. The molecular formula is C72H137NO8.